The van der Waals surface area contributed by atoms with Crippen LogP contribution in [0.1, 0.15) is 35.7 Å². The summed E-state index contributed by atoms with van der Waals surface area (Å²) in [5.41, 5.74) is 4.24. The molecule has 0 spiro atoms. The number of nitrogens with zero attached hydrogens (tertiary/aromatic N) is 6. The summed E-state index contributed by atoms with van der Waals surface area (Å²) in [6, 6.07) is 10.0. The van der Waals surface area contributed by atoms with Gasteiger partial charge in [-0.25, -0.2) is 0 Å². The predicted octanol–water partition coefficient (Wildman–Crippen LogP) is 2.63. The summed E-state index contributed by atoms with van der Waals surface area (Å²) >= 11 is 0. The molecule has 1 N–H and O–H groups in total. The van der Waals surface area contributed by atoms with Crippen molar-refractivity contribution in [2.24, 2.45) is 7.05 Å². The number of aliphatic hydroxyl groups is 1. The van der Waals surface area contributed by atoms with Gasteiger partial charge in [0.25, 0.3) is 0 Å². The molecule has 1 aliphatic rings. The second kappa shape index (κ2) is 7.79. The van der Waals surface area contributed by atoms with E-state index in [9.17, 15) is 10.4 Å². The second-order valence-electron chi connectivity index (χ2n) is 7.11. The SMILES string of the molecule is Cn1cnnc1C1CCN(c2c(C#N)cccc2-c2cncc(CO)c2)CC1. The van der Waals surface area contributed by atoms with Crippen molar-refractivity contribution in [3.05, 3.63) is 59.9 Å². The summed E-state index contributed by atoms with van der Waals surface area (Å²) in [4.78, 5) is 6.53. The fraction of sp³-hybridized carbons (Fsp3) is 0.333. The molecule has 0 amide bonds. The lowest BCUT2D eigenvalue weighted by Gasteiger charge is -2.35. The highest BCUT2D eigenvalue weighted by molar-refractivity contribution is 5.83. The highest BCUT2D eigenvalue weighted by Gasteiger charge is 2.26. The summed E-state index contributed by atoms with van der Waals surface area (Å²) in [5, 5.41) is 27.4. The molecule has 1 aromatic carbocycles. The largest absolute Gasteiger partial charge is 0.392 e. The molecule has 0 saturated carbocycles. The van der Waals surface area contributed by atoms with Crippen LogP contribution in [0.3, 0.4) is 0 Å². The third-order valence-corrected chi connectivity index (χ3v) is 5.37. The van der Waals surface area contributed by atoms with Crippen molar-refractivity contribution in [2.45, 2.75) is 25.4 Å². The number of aryl methyl sites for hydroxylation is 1. The molecule has 3 aromatic rings. The van der Waals surface area contributed by atoms with Crippen molar-refractivity contribution in [1.82, 2.24) is 19.7 Å². The quantitative estimate of drug-likeness (QED) is 0.755. The first-order valence-corrected chi connectivity index (χ1v) is 9.38. The van der Waals surface area contributed by atoms with Gasteiger partial charge in [0.05, 0.1) is 17.9 Å². The van der Waals surface area contributed by atoms with Gasteiger partial charge in [-0.05, 0) is 30.5 Å². The van der Waals surface area contributed by atoms with Gasteiger partial charge < -0.3 is 14.6 Å². The van der Waals surface area contributed by atoms with Crippen molar-refractivity contribution >= 4 is 5.69 Å². The van der Waals surface area contributed by atoms with E-state index in [-0.39, 0.29) is 6.61 Å². The lowest BCUT2D eigenvalue weighted by Crippen LogP contribution is -2.34. The highest BCUT2D eigenvalue weighted by Crippen LogP contribution is 2.37. The Bertz CT molecular complexity index is 1010. The molecule has 7 nitrogen and oxygen atoms in total. The number of hydrogen-bond acceptors (Lipinski definition) is 6. The minimum atomic E-state index is -0.0583. The summed E-state index contributed by atoms with van der Waals surface area (Å²) in [6.45, 7) is 1.63. The van der Waals surface area contributed by atoms with Gasteiger partial charge in [0.2, 0.25) is 0 Å². The lowest BCUT2D eigenvalue weighted by atomic mass is 9.93. The average molecular weight is 374 g/mol. The van der Waals surface area contributed by atoms with Gasteiger partial charge in [0.15, 0.2) is 0 Å². The van der Waals surface area contributed by atoms with Gasteiger partial charge in [0, 0.05) is 49.6 Å². The number of nitriles is 1. The topological polar surface area (TPSA) is 90.9 Å². The number of hydrogen-bond donors (Lipinski definition) is 1. The molecule has 7 heteroatoms. The molecule has 0 unspecified atom stereocenters. The predicted molar refractivity (Wildman–Crippen MR) is 106 cm³/mol. The van der Waals surface area contributed by atoms with Crippen LogP contribution >= 0.6 is 0 Å². The van der Waals surface area contributed by atoms with E-state index in [2.05, 4.69) is 26.2 Å². The first-order chi connectivity index (χ1) is 13.7. The molecule has 1 aliphatic heterocycles. The van der Waals surface area contributed by atoms with Gasteiger partial charge in [-0.15, -0.1) is 10.2 Å². The lowest BCUT2D eigenvalue weighted by molar-refractivity contribution is 0.281. The van der Waals surface area contributed by atoms with Crippen LogP contribution in [0, 0.1) is 11.3 Å². The number of aromatic nitrogens is 4. The minimum Gasteiger partial charge on any atom is -0.392 e. The summed E-state index contributed by atoms with van der Waals surface area (Å²) in [7, 11) is 1.98. The number of benzene rings is 1. The average Bonchev–Trinajstić information content (AvgIpc) is 3.19. The van der Waals surface area contributed by atoms with Crippen LogP contribution in [0.4, 0.5) is 5.69 Å². The zero-order valence-corrected chi connectivity index (χ0v) is 15.8. The van der Waals surface area contributed by atoms with Gasteiger partial charge in [-0.1, -0.05) is 12.1 Å². The second-order valence-corrected chi connectivity index (χ2v) is 7.11. The fourth-order valence-corrected chi connectivity index (χ4v) is 3.95. The van der Waals surface area contributed by atoms with Crippen LogP contribution < -0.4 is 4.90 Å². The maximum atomic E-state index is 9.71. The van der Waals surface area contributed by atoms with Crippen molar-refractivity contribution in [3.8, 4) is 17.2 Å². The summed E-state index contributed by atoms with van der Waals surface area (Å²) < 4.78 is 1.99. The Kier molecular flexibility index (Phi) is 5.04. The van der Waals surface area contributed by atoms with Crippen LogP contribution in [0.15, 0.2) is 43.0 Å². The van der Waals surface area contributed by atoms with E-state index in [0.29, 0.717) is 11.5 Å². The van der Waals surface area contributed by atoms with Gasteiger partial charge in [-0.2, -0.15) is 5.26 Å². The van der Waals surface area contributed by atoms with E-state index < -0.39 is 0 Å². The molecule has 28 heavy (non-hydrogen) atoms. The van der Waals surface area contributed by atoms with E-state index in [1.807, 2.05) is 35.9 Å². The maximum Gasteiger partial charge on any atom is 0.135 e. The number of anilines is 1. The molecular formula is C21H22N6O. The van der Waals surface area contributed by atoms with Crippen LogP contribution in [-0.4, -0.2) is 37.9 Å². The third kappa shape index (κ3) is 3.35. The Morgan fingerprint density at radius 2 is 2.07 bits per heavy atom. The molecule has 3 heterocycles. The molecule has 2 aromatic heterocycles. The summed E-state index contributed by atoms with van der Waals surface area (Å²) in [5.74, 6) is 1.40. The monoisotopic (exact) mass is 374 g/mol. The molecule has 1 fully saturated rings. The molecular weight excluding hydrogens is 352 g/mol. The third-order valence-electron chi connectivity index (χ3n) is 5.37. The standard InChI is InChI=1S/C21H22N6O/c1-26-14-24-25-21(26)16-5-7-27(8-6-16)20-17(10-22)3-2-4-19(20)18-9-15(13-28)11-23-12-18/h2-4,9,11-12,14,16,28H,5-8,13H2,1H3. The zero-order chi connectivity index (χ0) is 19.5. The molecule has 4 rings (SSSR count). The fourth-order valence-electron chi connectivity index (χ4n) is 3.95. The van der Waals surface area contributed by atoms with Gasteiger partial charge in [-0.3, -0.25) is 4.98 Å². The Labute approximate surface area is 163 Å². The number of pyridine rings is 1. The number of piperidine rings is 1. The van der Waals surface area contributed by atoms with E-state index in [0.717, 1.165) is 54.1 Å². The first kappa shape index (κ1) is 18.1. The molecule has 0 atom stereocenters. The van der Waals surface area contributed by atoms with Gasteiger partial charge >= 0.3 is 0 Å². The normalized spacial score (nSPS) is 14.8. The maximum absolute atomic E-state index is 9.71. The van der Waals surface area contributed by atoms with Gasteiger partial charge in [0.1, 0.15) is 18.2 Å². The Morgan fingerprint density at radius 3 is 2.75 bits per heavy atom. The van der Waals surface area contributed by atoms with Crippen molar-refractivity contribution in [1.29, 1.82) is 5.26 Å². The molecule has 1 saturated heterocycles. The molecule has 0 bridgehead atoms. The molecule has 142 valence electrons. The van der Waals surface area contributed by atoms with Crippen molar-refractivity contribution < 1.29 is 5.11 Å². The Balaban J connectivity index is 1.66. The highest BCUT2D eigenvalue weighted by atomic mass is 16.3. The zero-order valence-electron chi connectivity index (χ0n) is 15.8. The van der Waals surface area contributed by atoms with Crippen LogP contribution in [-0.2, 0) is 13.7 Å². The minimum absolute atomic E-state index is 0.0583. The van der Waals surface area contributed by atoms with Crippen molar-refractivity contribution in [3.63, 3.8) is 0 Å². The van der Waals surface area contributed by atoms with Crippen molar-refractivity contribution in [2.75, 3.05) is 18.0 Å². The smallest absolute Gasteiger partial charge is 0.135 e. The summed E-state index contributed by atoms with van der Waals surface area (Å²) in [6.07, 6.45) is 7.10. The first-order valence-electron chi connectivity index (χ1n) is 9.38. The van der Waals surface area contributed by atoms with Crippen LogP contribution in [0.5, 0.6) is 0 Å². The molecule has 0 radical (unpaired) electrons. The number of para-hydroxylation sites is 1. The van der Waals surface area contributed by atoms with Crippen LogP contribution in [0.2, 0.25) is 0 Å². The van der Waals surface area contributed by atoms with E-state index >= 15 is 0 Å². The van der Waals surface area contributed by atoms with E-state index in [1.165, 1.54) is 0 Å². The van der Waals surface area contributed by atoms with E-state index in [4.69, 9.17) is 0 Å². The number of rotatable bonds is 4. The van der Waals surface area contributed by atoms with E-state index in [1.54, 1.807) is 18.7 Å². The number of aliphatic hydroxyl groups excluding tert-OH is 1. The molecule has 0 aliphatic carbocycles. The Hall–Kier alpha value is -3.24. The van der Waals surface area contributed by atoms with Crippen LogP contribution in [0.25, 0.3) is 11.1 Å². The Morgan fingerprint density at radius 1 is 1.25 bits per heavy atom.